The largest absolute Gasteiger partial charge is 0.493 e. The number of methoxy groups -OCH3 is 2. The standard InChI is InChI=1S/C26H29ClN2O4/c1-4-5-10-25-28-16-21(29(25)17-19-8-6-7-9-22(19)27)15-20(26(30)31)13-18-11-12-23(32-2)24(14-18)33-3/h6-9,11-12,14-16H,4-5,10,13,17H2,1-3H3,(H,30,31). The molecule has 0 saturated carbocycles. The first-order valence-electron chi connectivity index (χ1n) is 10.9. The van der Waals surface area contributed by atoms with Gasteiger partial charge in [-0.05, 0) is 41.8 Å². The normalized spacial score (nSPS) is 11.5. The Morgan fingerprint density at radius 1 is 1.15 bits per heavy atom. The Morgan fingerprint density at radius 2 is 1.91 bits per heavy atom. The number of rotatable bonds is 11. The molecular weight excluding hydrogens is 440 g/mol. The van der Waals surface area contributed by atoms with E-state index < -0.39 is 5.97 Å². The van der Waals surface area contributed by atoms with Crippen LogP contribution in [0.25, 0.3) is 6.08 Å². The maximum Gasteiger partial charge on any atom is 0.331 e. The first-order chi connectivity index (χ1) is 16.0. The number of carboxylic acid groups (broad SMARTS) is 1. The summed E-state index contributed by atoms with van der Waals surface area (Å²) in [6, 6.07) is 13.1. The topological polar surface area (TPSA) is 73.6 Å². The first-order valence-corrected chi connectivity index (χ1v) is 11.3. The van der Waals surface area contributed by atoms with Crippen molar-refractivity contribution >= 4 is 23.6 Å². The second-order valence-electron chi connectivity index (χ2n) is 7.72. The molecule has 0 saturated heterocycles. The van der Waals surface area contributed by atoms with Crippen LogP contribution in [0.4, 0.5) is 0 Å². The molecule has 0 aliphatic heterocycles. The number of halogens is 1. The fraction of sp³-hybridized carbons (Fsp3) is 0.308. The molecule has 1 N–H and O–H groups in total. The molecule has 0 bridgehead atoms. The van der Waals surface area contributed by atoms with Gasteiger partial charge >= 0.3 is 5.97 Å². The number of benzene rings is 2. The molecule has 3 rings (SSSR count). The molecule has 0 amide bonds. The Labute approximate surface area is 199 Å². The van der Waals surface area contributed by atoms with Crippen LogP contribution in [0, 0.1) is 0 Å². The Balaban J connectivity index is 1.98. The highest BCUT2D eigenvalue weighted by Crippen LogP contribution is 2.29. The Hall–Kier alpha value is -3.25. The fourth-order valence-corrected chi connectivity index (χ4v) is 3.83. The number of ether oxygens (including phenoxy) is 2. The fourth-order valence-electron chi connectivity index (χ4n) is 3.64. The summed E-state index contributed by atoms with van der Waals surface area (Å²) in [7, 11) is 3.12. The van der Waals surface area contributed by atoms with Crippen molar-refractivity contribution in [3.05, 3.63) is 81.9 Å². The van der Waals surface area contributed by atoms with E-state index in [4.69, 9.17) is 21.1 Å². The van der Waals surface area contributed by atoms with Crippen molar-refractivity contribution in [1.29, 1.82) is 0 Å². The van der Waals surface area contributed by atoms with Gasteiger partial charge in [0.25, 0.3) is 0 Å². The zero-order valence-corrected chi connectivity index (χ0v) is 19.9. The van der Waals surface area contributed by atoms with E-state index in [2.05, 4.69) is 16.5 Å². The van der Waals surface area contributed by atoms with Gasteiger partial charge in [-0.2, -0.15) is 0 Å². The van der Waals surface area contributed by atoms with Gasteiger partial charge in [0.05, 0.1) is 32.7 Å². The predicted molar refractivity (Wildman–Crippen MR) is 130 cm³/mol. The summed E-state index contributed by atoms with van der Waals surface area (Å²) >= 11 is 6.40. The van der Waals surface area contributed by atoms with Crippen LogP contribution >= 0.6 is 11.6 Å². The number of unbranched alkanes of at least 4 members (excludes halogenated alkanes) is 1. The molecule has 1 heterocycles. The lowest BCUT2D eigenvalue weighted by Crippen LogP contribution is -2.09. The average molecular weight is 469 g/mol. The summed E-state index contributed by atoms with van der Waals surface area (Å²) in [6.45, 7) is 2.65. The first kappa shape index (κ1) is 24.4. The molecule has 6 nitrogen and oxygen atoms in total. The minimum absolute atomic E-state index is 0.233. The van der Waals surface area contributed by atoms with Crippen LogP contribution in [0.3, 0.4) is 0 Å². The van der Waals surface area contributed by atoms with Gasteiger partial charge in [-0.1, -0.05) is 49.2 Å². The maximum absolute atomic E-state index is 12.1. The smallest absolute Gasteiger partial charge is 0.331 e. The van der Waals surface area contributed by atoms with Gasteiger partial charge in [0, 0.05) is 23.4 Å². The molecule has 1 aromatic heterocycles. The second-order valence-corrected chi connectivity index (χ2v) is 8.13. The number of hydrogen-bond acceptors (Lipinski definition) is 4. The van der Waals surface area contributed by atoms with E-state index in [-0.39, 0.29) is 12.0 Å². The number of aromatic nitrogens is 2. The van der Waals surface area contributed by atoms with Gasteiger partial charge in [-0.3, -0.25) is 0 Å². The zero-order chi connectivity index (χ0) is 23.8. The SMILES string of the molecule is CCCCc1ncc(C=C(Cc2ccc(OC)c(OC)c2)C(=O)O)n1Cc1ccccc1Cl. The molecule has 33 heavy (non-hydrogen) atoms. The van der Waals surface area contributed by atoms with Crippen molar-refractivity contribution in [2.24, 2.45) is 0 Å². The van der Waals surface area contributed by atoms with Crippen molar-refractivity contribution < 1.29 is 19.4 Å². The van der Waals surface area contributed by atoms with Crippen molar-refractivity contribution in [1.82, 2.24) is 9.55 Å². The molecular formula is C26H29ClN2O4. The minimum atomic E-state index is -0.981. The summed E-state index contributed by atoms with van der Waals surface area (Å²) < 4.78 is 12.7. The number of aliphatic carboxylic acids is 1. The summed E-state index contributed by atoms with van der Waals surface area (Å²) in [5, 5.41) is 10.6. The second kappa shape index (κ2) is 11.6. The van der Waals surface area contributed by atoms with Crippen LogP contribution in [-0.4, -0.2) is 34.8 Å². The Bertz CT molecular complexity index is 1140. The van der Waals surface area contributed by atoms with Crippen molar-refractivity contribution in [3.8, 4) is 11.5 Å². The van der Waals surface area contributed by atoms with E-state index in [1.54, 1.807) is 38.6 Å². The average Bonchev–Trinajstić information content (AvgIpc) is 3.19. The minimum Gasteiger partial charge on any atom is -0.493 e. The third-order valence-electron chi connectivity index (χ3n) is 5.45. The molecule has 0 unspecified atom stereocenters. The number of hydrogen-bond donors (Lipinski definition) is 1. The monoisotopic (exact) mass is 468 g/mol. The summed E-state index contributed by atoms with van der Waals surface area (Å²) in [5.74, 6) is 1.09. The Kier molecular flexibility index (Phi) is 8.55. The van der Waals surface area contributed by atoms with E-state index in [0.717, 1.165) is 41.9 Å². The predicted octanol–water partition coefficient (Wildman–Crippen LogP) is 5.66. The van der Waals surface area contributed by atoms with Crippen molar-refractivity contribution in [2.75, 3.05) is 14.2 Å². The van der Waals surface area contributed by atoms with Gasteiger partial charge in [-0.25, -0.2) is 9.78 Å². The van der Waals surface area contributed by atoms with Crippen molar-refractivity contribution in [3.63, 3.8) is 0 Å². The number of aryl methyl sites for hydroxylation is 1. The van der Waals surface area contributed by atoms with Crippen LogP contribution < -0.4 is 9.47 Å². The van der Waals surface area contributed by atoms with E-state index in [0.29, 0.717) is 23.1 Å². The number of carboxylic acids is 1. The summed E-state index contributed by atoms with van der Waals surface area (Å²) in [5.41, 5.74) is 2.76. The van der Waals surface area contributed by atoms with Gasteiger partial charge in [0.2, 0.25) is 0 Å². The third-order valence-corrected chi connectivity index (χ3v) is 5.82. The highest BCUT2D eigenvalue weighted by molar-refractivity contribution is 6.31. The van der Waals surface area contributed by atoms with Crippen LogP contribution in [0.2, 0.25) is 5.02 Å². The summed E-state index contributed by atoms with van der Waals surface area (Å²) in [6.07, 6.45) is 6.52. The highest BCUT2D eigenvalue weighted by Gasteiger charge is 2.15. The zero-order valence-electron chi connectivity index (χ0n) is 19.2. The molecule has 2 aromatic carbocycles. The van der Waals surface area contributed by atoms with E-state index in [9.17, 15) is 9.90 Å². The number of nitrogens with zero attached hydrogens (tertiary/aromatic N) is 2. The highest BCUT2D eigenvalue weighted by atomic mass is 35.5. The molecule has 0 atom stereocenters. The van der Waals surface area contributed by atoms with Crippen LogP contribution in [0.5, 0.6) is 11.5 Å². The van der Waals surface area contributed by atoms with Crippen molar-refractivity contribution in [2.45, 2.75) is 39.2 Å². The molecule has 7 heteroatoms. The number of imidazole rings is 1. The summed E-state index contributed by atoms with van der Waals surface area (Å²) in [4.78, 5) is 16.7. The van der Waals surface area contributed by atoms with E-state index >= 15 is 0 Å². The Morgan fingerprint density at radius 3 is 2.58 bits per heavy atom. The molecule has 0 spiro atoms. The molecule has 0 fully saturated rings. The molecule has 3 aromatic rings. The third kappa shape index (κ3) is 6.17. The van der Waals surface area contributed by atoms with Gasteiger partial charge in [0.15, 0.2) is 11.5 Å². The molecule has 0 aliphatic rings. The lowest BCUT2D eigenvalue weighted by atomic mass is 10.0. The van der Waals surface area contributed by atoms with Gasteiger partial charge < -0.3 is 19.1 Å². The van der Waals surface area contributed by atoms with Crippen LogP contribution in [0.1, 0.15) is 42.4 Å². The van der Waals surface area contributed by atoms with E-state index in [1.165, 1.54) is 0 Å². The van der Waals surface area contributed by atoms with Gasteiger partial charge in [0.1, 0.15) is 5.82 Å². The number of carbonyl (C=O) groups is 1. The maximum atomic E-state index is 12.1. The quantitative estimate of drug-likeness (QED) is 0.368. The molecule has 0 radical (unpaired) electrons. The lowest BCUT2D eigenvalue weighted by molar-refractivity contribution is -0.132. The van der Waals surface area contributed by atoms with Gasteiger partial charge in [-0.15, -0.1) is 0 Å². The van der Waals surface area contributed by atoms with Crippen LogP contribution in [0.15, 0.2) is 54.2 Å². The van der Waals surface area contributed by atoms with Crippen LogP contribution in [-0.2, 0) is 24.2 Å². The molecule has 0 aliphatic carbocycles. The molecule has 174 valence electrons. The van der Waals surface area contributed by atoms with E-state index in [1.807, 2.05) is 30.3 Å². The lowest BCUT2D eigenvalue weighted by Gasteiger charge is -2.13.